The number of hydrogen-bond donors (Lipinski definition) is 2. The molecule has 0 aliphatic heterocycles. The van der Waals surface area contributed by atoms with E-state index in [0.717, 1.165) is 17.3 Å². The molecule has 19 heavy (non-hydrogen) atoms. The molecule has 1 aromatic carbocycles. The van der Waals surface area contributed by atoms with E-state index in [9.17, 15) is 4.79 Å². The molecule has 4 heteroatoms. The average molecular weight is 262 g/mol. The van der Waals surface area contributed by atoms with Gasteiger partial charge in [-0.3, -0.25) is 5.32 Å². The molecule has 1 aliphatic rings. The van der Waals surface area contributed by atoms with Gasteiger partial charge in [-0.25, -0.2) is 4.79 Å². The van der Waals surface area contributed by atoms with Gasteiger partial charge in [-0.2, -0.15) is 0 Å². The first-order chi connectivity index (χ1) is 9.17. The molecule has 0 bridgehead atoms. The molecule has 2 unspecified atom stereocenters. The molecule has 0 heterocycles. The molecule has 4 nitrogen and oxygen atoms in total. The monoisotopic (exact) mass is 262 g/mol. The van der Waals surface area contributed by atoms with Crippen molar-refractivity contribution in [3.8, 4) is 0 Å². The number of benzene rings is 1. The summed E-state index contributed by atoms with van der Waals surface area (Å²) in [6.45, 7) is 2.32. The highest BCUT2D eigenvalue weighted by Gasteiger charge is 2.18. The van der Waals surface area contributed by atoms with Crippen LogP contribution in [0.5, 0.6) is 0 Å². The lowest BCUT2D eigenvalue weighted by Crippen LogP contribution is -2.26. The SMILES string of the molecule is COC(=O)Nc1ccc(NC2CCCC(C)C2)cc1. The minimum atomic E-state index is -0.443. The van der Waals surface area contributed by atoms with Crippen molar-refractivity contribution in [3.63, 3.8) is 0 Å². The van der Waals surface area contributed by atoms with Gasteiger partial charge in [0.15, 0.2) is 0 Å². The van der Waals surface area contributed by atoms with Crippen molar-refractivity contribution in [1.82, 2.24) is 0 Å². The summed E-state index contributed by atoms with van der Waals surface area (Å²) in [5.41, 5.74) is 1.85. The van der Waals surface area contributed by atoms with Crippen LogP contribution < -0.4 is 10.6 Å². The van der Waals surface area contributed by atoms with Gasteiger partial charge in [0.2, 0.25) is 0 Å². The highest BCUT2D eigenvalue weighted by atomic mass is 16.5. The van der Waals surface area contributed by atoms with E-state index in [2.05, 4.69) is 22.3 Å². The van der Waals surface area contributed by atoms with Gasteiger partial charge >= 0.3 is 6.09 Å². The molecule has 1 fully saturated rings. The number of nitrogens with one attached hydrogen (secondary N) is 2. The summed E-state index contributed by atoms with van der Waals surface area (Å²) < 4.78 is 4.55. The van der Waals surface area contributed by atoms with E-state index in [4.69, 9.17) is 0 Å². The van der Waals surface area contributed by atoms with Crippen molar-refractivity contribution in [2.75, 3.05) is 17.7 Å². The molecule has 1 aromatic rings. The molecular formula is C15H22N2O2. The van der Waals surface area contributed by atoms with E-state index in [1.807, 2.05) is 24.3 Å². The summed E-state index contributed by atoms with van der Waals surface area (Å²) in [5.74, 6) is 0.812. The maximum Gasteiger partial charge on any atom is 0.411 e. The van der Waals surface area contributed by atoms with Crippen molar-refractivity contribution in [2.24, 2.45) is 5.92 Å². The molecule has 1 aliphatic carbocycles. The normalized spacial score (nSPS) is 22.6. The summed E-state index contributed by atoms with van der Waals surface area (Å²) in [4.78, 5) is 11.1. The van der Waals surface area contributed by atoms with E-state index < -0.39 is 6.09 Å². The predicted molar refractivity (Wildman–Crippen MR) is 77.5 cm³/mol. The zero-order valence-electron chi connectivity index (χ0n) is 11.6. The van der Waals surface area contributed by atoms with E-state index in [1.165, 1.54) is 32.8 Å². The Bertz CT molecular complexity index is 417. The van der Waals surface area contributed by atoms with E-state index in [-0.39, 0.29) is 0 Å². The fourth-order valence-corrected chi connectivity index (χ4v) is 2.62. The van der Waals surface area contributed by atoms with E-state index >= 15 is 0 Å². The van der Waals surface area contributed by atoms with Gasteiger partial charge < -0.3 is 10.1 Å². The van der Waals surface area contributed by atoms with Crippen molar-refractivity contribution in [1.29, 1.82) is 0 Å². The van der Waals surface area contributed by atoms with Crippen LogP contribution in [-0.4, -0.2) is 19.2 Å². The number of hydrogen-bond acceptors (Lipinski definition) is 3. The van der Waals surface area contributed by atoms with Gasteiger partial charge in [0.05, 0.1) is 7.11 Å². The minimum absolute atomic E-state index is 0.443. The minimum Gasteiger partial charge on any atom is -0.453 e. The second kappa shape index (κ2) is 6.45. The standard InChI is InChI=1S/C15H22N2O2/c1-11-4-3-5-14(10-11)16-12-6-8-13(9-7-12)17-15(18)19-2/h6-9,11,14,16H,3-5,10H2,1-2H3,(H,17,18). The number of anilines is 2. The Morgan fingerprint density at radius 3 is 2.53 bits per heavy atom. The Labute approximate surface area is 114 Å². The van der Waals surface area contributed by atoms with Crippen LogP contribution in [0.15, 0.2) is 24.3 Å². The number of amides is 1. The molecule has 2 rings (SSSR count). The fourth-order valence-electron chi connectivity index (χ4n) is 2.62. The van der Waals surface area contributed by atoms with Gasteiger partial charge in [0.1, 0.15) is 0 Å². The Hall–Kier alpha value is -1.71. The highest BCUT2D eigenvalue weighted by Crippen LogP contribution is 2.26. The van der Waals surface area contributed by atoms with E-state index in [0.29, 0.717) is 6.04 Å². The van der Waals surface area contributed by atoms with Gasteiger partial charge in [0, 0.05) is 17.4 Å². The Morgan fingerprint density at radius 2 is 1.89 bits per heavy atom. The molecule has 2 atom stereocenters. The van der Waals surface area contributed by atoms with Crippen LogP contribution in [0.2, 0.25) is 0 Å². The summed E-state index contributed by atoms with van der Waals surface area (Å²) in [5, 5.41) is 6.20. The van der Waals surface area contributed by atoms with Crippen molar-refractivity contribution < 1.29 is 9.53 Å². The maximum atomic E-state index is 11.1. The molecule has 1 saturated carbocycles. The molecule has 0 aromatic heterocycles. The van der Waals surface area contributed by atoms with Crippen LogP contribution in [-0.2, 0) is 4.74 Å². The summed E-state index contributed by atoms with van der Waals surface area (Å²) in [7, 11) is 1.36. The van der Waals surface area contributed by atoms with Crippen LogP contribution >= 0.6 is 0 Å². The zero-order valence-corrected chi connectivity index (χ0v) is 11.6. The first-order valence-electron chi connectivity index (χ1n) is 6.89. The Morgan fingerprint density at radius 1 is 1.21 bits per heavy atom. The predicted octanol–water partition coefficient (Wildman–Crippen LogP) is 3.86. The van der Waals surface area contributed by atoms with Crippen LogP contribution in [0.4, 0.5) is 16.2 Å². The summed E-state index contributed by atoms with van der Waals surface area (Å²) in [6, 6.07) is 8.31. The fraction of sp³-hybridized carbons (Fsp3) is 0.533. The quantitative estimate of drug-likeness (QED) is 0.869. The Balaban J connectivity index is 1.89. The first kappa shape index (κ1) is 13.7. The number of carbonyl (C=O) groups is 1. The number of ether oxygens (including phenoxy) is 1. The first-order valence-corrected chi connectivity index (χ1v) is 6.89. The highest BCUT2D eigenvalue weighted by molar-refractivity contribution is 5.84. The largest absolute Gasteiger partial charge is 0.453 e. The van der Waals surface area contributed by atoms with Crippen molar-refractivity contribution in [3.05, 3.63) is 24.3 Å². The van der Waals surface area contributed by atoms with Crippen LogP contribution in [0.1, 0.15) is 32.6 Å². The number of methoxy groups -OCH3 is 1. The average Bonchev–Trinajstić information content (AvgIpc) is 2.41. The van der Waals surface area contributed by atoms with E-state index in [1.54, 1.807) is 0 Å². The third-order valence-electron chi connectivity index (χ3n) is 3.62. The van der Waals surface area contributed by atoms with Gasteiger partial charge in [0.25, 0.3) is 0 Å². The molecule has 0 saturated heterocycles. The number of carbonyl (C=O) groups excluding carboxylic acids is 1. The Kier molecular flexibility index (Phi) is 4.66. The van der Waals surface area contributed by atoms with Gasteiger partial charge in [-0.15, -0.1) is 0 Å². The molecule has 1 amide bonds. The molecule has 2 N–H and O–H groups in total. The van der Waals surface area contributed by atoms with Gasteiger partial charge in [-0.05, 0) is 43.0 Å². The van der Waals surface area contributed by atoms with Crippen LogP contribution in [0.25, 0.3) is 0 Å². The smallest absolute Gasteiger partial charge is 0.411 e. The second-order valence-electron chi connectivity index (χ2n) is 5.31. The third kappa shape index (κ3) is 4.16. The summed E-state index contributed by atoms with van der Waals surface area (Å²) >= 11 is 0. The second-order valence-corrected chi connectivity index (χ2v) is 5.31. The van der Waals surface area contributed by atoms with Crippen molar-refractivity contribution >= 4 is 17.5 Å². The van der Waals surface area contributed by atoms with Gasteiger partial charge in [-0.1, -0.05) is 19.8 Å². The van der Waals surface area contributed by atoms with Crippen LogP contribution in [0, 0.1) is 5.92 Å². The molecule has 0 spiro atoms. The topological polar surface area (TPSA) is 50.4 Å². The maximum absolute atomic E-state index is 11.1. The zero-order chi connectivity index (χ0) is 13.7. The molecule has 104 valence electrons. The lowest BCUT2D eigenvalue weighted by atomic mass is 9.87. The van der Waals surface area contributed by atoms with Crippen molar-refractivity contribution in [2.45, 2.75) is 38.6 Å². The summed E-state index contributed by atoms with van der Waals surface area (Å²) in [6.07, 6.45) is 4.69. The molecular weight excluding hydrogens is 240 g/mol. The molecule has 0 radical (unpaired) electrons. The third-order valence-corrected chi connectivity index (χ3v) is 3.62. The number of rotatable bonds is 3. The lowest BCUT2D eigenvalue weighted by Gasteiger charge is -2.28. The van der Waals surface area contributed by atoms with Crippen LogP contribution in [0.3, 0.4) is 0 Å². The lowest BCUT2D eigenvalue weighted by molar-refractivity contribution is 0.187.